The molecule has 0 unspecified atom stereocenters. The van der Waals surface area contributed by atoms with Gasteiger partial charge in [-0.2, -0.15) is 0 Å². The zero-order valence-electron chi connectivity index (χ0n) is 17.8. The molecule has 3 aromatic rings. The summed E-state index contributed by atoms with van der Waals surface area (Å²) in [5.74, 6) is -1.27. The third-order valence-corrected chi connectivity index (χ3v) is 5.11. The van der Waals surface area contributed by atoms with Gasteiger partial charge in [0.15, 0.2) is 0 Å². The first-order valence-corrected chi connectivity index (χ1v) is 9.70. The summed E-state index contributed by atoms with van der Waals surface area (Å²) in [5.41, 5.74) is 0.670. The molecule has 9 heteroatoms. The normalized spacial score (nSPS) is 11.7. The Hall–Kier alpha value is -4.01. The van der Waals surface area contributed by atoms with Crippen LogP contribution in [0.1, 0.15) is 16.7 Å². The molecule has 1 heterocycles. The number of ether oxygens (including phenoxy) is 2. The van der Waals surface area contributed by atoms with Crippen LogP contribution >= 0.6 is 0 Å². The maximum absolute atomic E-state index is 12.6. The summed E-state index contributed by atoms with van der Waals surface area (Å²) >= 11 is 0. The molecule has 0 saturated heterocycles. The molecule has 0 aliphatic rings. The van der Waals surface area contributed by atoms with E-state index < -0.39 is 30.0 Å². The van der Waals surface area contributed by atoms with Crippen LogP contribution in [0.15, 0.2) is 45.6 Å². The van der Waals surface area contributed by atoms with Crippen LogP contribution in [-0.2, 0) is 22.4 Å². The molecule has 1 aromatic heterocycles. The van der Waals surface area contributed by atoms with Gasteiger partial charge in [-0.25, -0.2) is 4.79 Å². The number of nitrogens with one attached hydrogen (secondary N) is 1. The zero-order chi connectivity index (χ0) is 23.4. The molecule has 9 nitrogen and oxygen atoms in total. The van der Waals surface area contributed by atoms with Gasteiger partial charge in [0.25, 0.3) is 0 Å². The van der Waals surface area contributed by atoms with E-state index in [0.29, 0.717) is 28.0 Å². The molecule has 1 amide bonds. The minimum atomic E-state index is -1.47. The summed E-state index contributed by atoms with van der Waals surface area (Å²) in [6.07, 6.45) is -0.439. The second-order valence-corrected chi connectivity index (χ2v) is 7.18. The standard InChI is InChI=1S/C23H23NO8/c1-12-16(23(29)32-19-10-15(30-2)9-18(31-3)21(12)19)11-20(26)24-17(22(27)28)8-13-4-6-14(25)7-5-13/h4-7,9-10,17,25H,8,11H2,1-3H3,(H,24,26)(H,27,28)/p-1/t17-/m0/s1. The fourth-order valence-electron chi connectivity index (χ4n) is 3.43. The highest BCUT2D eigenvalue weighted by molar-refractivity contribution is 5.91. The number of aromatic hydroxyl groups is 1. The van der Waals surface area contributed by atoms with Crippen molar-refractivity contribution >= 4 is 22.8 Å². The number of methoxy groups -OCH3 is 2. The number of hydrogen-bond acceptors (Lipinski definition) is 8. The maximum atomic E-state index is 12.6. The quantitative estimate of drug-likeness (QED) is 0.492. The van der Waals surface area contributed by atoms with Crippen LogP contribution in [0.5, 0.6) is 17.2 Å². The first kappa shape index (κ1) is 22.7. The van der Waals surface area contributed by atoms with Gasteiger partial charge in [0.1, 0.15) is 22.8 Å². The van der Waals surface area contributed by atoms with Crippen molar-refractivity contribution in [3.05, 3.63) is 63.5 Å². The van der Waals surface area contributed by atoms with Gasteiger partial charge >= 0.3 is 5.63 Å². The highest BCUT2D eigenvalue weighted by Gasteiger charge is 2.21. The second-order valence-electron chi connectivity index (χ2n) is 7.18. The molecule has 0 radical (unpaired) electrons. The predicted octanol–water partition coefficient (Wildman–Crippen LogP) is 0.844. The molecule has 168 valence electrons. The average molecular weight is 440 g/mol. The first-order valence-electron chi connectivity index (χ1n) is 9.70. The number of phenols is 1. The molecule has 0 saturated carbocycles. The van der Waals surface area contributed by atoms with Crippen molar-refractivity contribution in [1.82, 2.24) is 5.32 Å². The summed E-state index contributed by atoms with van der Waals surface area (Å²) in [5, 5.41) is 23.8. The summed E-state index contributed by atoms with van der Waals surface area (Å²) < 4.78 is 15.9. The third-order valence-electron chi connectivity index (χ3n) is 5.11. The zero-order valence-corrected chi connectivity index (χ0v) is 17.8. The Labute approximate surface area is 183 Å². The van der Waals surface area contributed by atoms with Crippen molar-refractivity contribution in [2.45, 2.75) is 25.8 Å². The minimum absolute atomic E-state index is 0.0364. The number of fused-ring (bicyclic) bond motifs is 1. The van der Waals surface area contributed by atoms with Crippen LogP contribution in [0.2, 0.25) is 0 Å². The lowest BCUT2D eigenvalue weighted by atomic mass is 10.0. The minimum Gasteiger partial charge on any atom is -0.548 e. The van der Waals surface area contributed by atoms with E-state index in [1.54, 1.807) is 31.2 Å². The van der Waals surface area contributed by atoms with E-state index in [1.165, 1.54) is 26.4 Å². The van der Waals surface area contributed by atoms with Gasteiger partial charge in [-0.15, -0.1) is 0 Å². The number of aryl methyl sites for hydroxylation is 1. The van der Waals surface area contributed by atoms with Crippen molar-refractivity contribution in [1.29, 1.82) is 0 Å². The molecule has 0 fully saturated rings. The van der Waals surface area contributed by atoms with Gasteiger partial charge in [0.05, 0.1) is 43.6 Å². The monoisotopic (exact) mass is 440 g/mol. The third kappa shape index (κ3) is 4.83. The highest BCUT2D eigenvalue weighted by atomic mass is 16.5. The van der Waals surface area contributed by atoms with Crippen LogP contribution in [0.3, 0.4) is 0 Å². The van der Waals surface area contributed by atoms with E-state index in [0.717, 1.165) is 0 Å². The lowest BCUT2D eigenvalue weighted by Crippen LogP contribution is -2.49. The van der Waals surface area contributed by atoms with E-state index in [2.05, 4.69) is 5.32 Å². The van der Waals surface area contributed by atoms with Crippen LogP contribution in [0, 0.1) is 6.92 Å². The molecule has 0 aliphatic heterocycles. The Morgan fingerprint density at radius 2 is 1.84 bits per heavy atom. The van der Waals surface area contributed by atoms with E-state index in [-0.39, 0.29) is 23.3 Å². The first-order chi connectivity index (χ1) is 15.2. The summed E-state index contributed by atoms with van der Waals surface area (Å²) in [7, 11) is 2.93. The Morgan fingerprint density at radius 1 is 1.16 bits per heavy atom. The smallest absolute Gasteiger partial charge is 0.340 e. The number of benzene rings is 2. The molecule has 32 heavy (non-hydrogen) atoms. The van der Waals surface area contributed by atoms with Gasteiger partial charge in [-0.1, -0.05) is 12.1 Å². The Bertz CT molecular complexity index is 1210. The van der Waals surface area contributed by atoms with Crippen molar-refractivity contribution < 1.29 is 33.7 Å². The lowest BCUT2D eigenvalue weighted by Gasteiger charge is -2.20. The van der Waals surface area contributed by atoms with Crippen molar-refractivity contribution in [2.24, 2.45) is 0 Å². The van der Waals surface area contributed by atoms with Crippen molar-refractivity contribution in [3.8, 4) is 17.2 Å². The molecule has 2 N–H and O–H groups in total. The lowest BCUT2D eigenvalue weighted by molar-refractivity contribution is -0.308. The van der Waals surface area contributed by atoms with E-state index >= 15 is 0 Å². The molecule has 0 spiro atoms. The van der Waals surface area contributed by atoms with Gasteiger partial charge in [0.2, 0.25) is 5.91 Å². The van der Waals surface area contributed by atoms with Crippen LogP contribution in [0.25, 0.3) is 11.0 Å². The van der Waals surface area contributed by atoms with Crippen LogP contribution in [0.4, 0.5) is 0 Å². The fourth-order valence-corrected chi connectivity index (χ4v) is 3.43. The number of rotatable bonds is 8. The number of carbonyl (C=O) groups is 2. The molecule has 0 bridgehead atoms. The van der Waals surface area contributed by atoms with Crippen LogP contribution in [-0.4, -0.2) is 37.2 Å². The molecule has 1 atom stereocenters. The highest BCUT2D eigenvalue weighted by Crippen LogP contribution is 2.33. The second kappa shape index (κ2) is 9.42. The fraction of sp³-hybridized carbons (Fsp3) is 0.261. The number of carboxylic acid groups (broad SMARTS) is 1. The Balaban J connectivity index is 1.87. The molecular weight excluding hydrogens is 418 g/mol. The summed E-state index contributed by atoms with van der Waals surface area (Å²) in [6, 6.07) is 7.76. The largest absolute Gasteiger partial charge is 0.548 e. The van der Waals surface area contributed by atoms with Gasteiger partial charge in [-0.05, 0) is 36.6 Å². The molecule has 3 rings (SSSR count). The number of aliphatic carboxylic acids is 1. The van der Waals surface area contributed by atoms with Gasteiger partial charge < -0.3 is 34.2 Å². The van der Waals surface area contributed by atoms with Crippen molar-refractivity contribution in [3.63, 3.8) is 0 Å². The van der Waals surface area contributed by atoms with E-state index in [1.807, 2.05) is 0 Å². The van der Waals surface area contributed by atoms with Crippen molar-refractivity contribution in [2.75, 3.05) is 14.2 Å². The van der Waals surface area contributed by atoms with Crippen LogP contribution < -0.4 is 25.5 Å². The van der Waals surface area contributed by atoms with E-state index in [9.17, 15) is 24.6 Å². The SMILES string of the molecule is COc1cc(OC)c2c(C)c(CC(=O)N[C@@H](Cc3ccc(O)cc3)C(=O)[O-])c(=O)oc2c1. The van der Waals surface area contributed by atoms with Gasteiger partial charge in [-0.3, -0.25) is 4.79 Å². The number of amides is 1. The molecule has 0 aliphatic carbocycles. The summed E-state index contributed by atoms with van der Waals surface area (Å²) in [4.78, 5) is 36.7. The molecular formula is C23H22NO8-. The number of hydrogen-bond donors (Lipinski definition) is 2. The summed E-state index contributed by atoms with van der Waals surface area (Å²) in [6.45, 7) is 1.66. The number of phenolic OH excluding ortho intramolecular Hbond substituents is 1. The number of carbonyl (C=O) groups excluding carboxylic acids is 2. The van der Waals surface area contributed by atoms with Gasteiger partial charge in [0, 0.05) is 12.1 Å². The number of carboxylic acids is 1. The van der Waals surface area contributed by atoms with E-state index in [4.69, 9.17) is 13.9 Å². The maximum Gasteiger partial charge on any atom is 0.340 e. The predicted molar refractivity (Wildman–Crippen MR) is 113 cm³/mol. The Morgan fingerprint density at radius 3 is 2.44 bits per heavy atom. The molecule has 2 aromatic carbocycles. The Kier molecular flexibility index (Phi) is 6.67. The topological polar surface area (TPSA) is 138 Å². The average Bonchev–Trinajstić information content (AvgIpc) is 2.76.